The predicted octanol–water partition coefficient (Wildman–Crippen LogP) is 1.65. The van der Waals surface area contributed by atoms with Gasteiger partial charge in [-0.15, -0.1) is 15.3 Å². The second-order valence-corrected chi connectivity index (χ2v) is 7.35. The van der Waals surface area contributed by atoms with Crippen LogP contribution in [0.5, 0.6) is 0 Å². The lowest BCUT2D eigenvalue weighted by Gasteiger charge is -2.26. The molecule has 5 heterocycles. The van der Waals surface area contributed by atoms with E-state index in [1.54, 1.807) is 37.8 Å². The van der Waals surface area contributed by atoms with Gasteiger partial charge in [0.15, 0.2) is 17.3 Å². The third-order valence-corrected chi connectivity index (χ3v) is 5.29. The van der Waals surface area contributed by atoms with Crippen LogP contribution in [0.2, 0.25) is 0 Å². The summed E-state index contributed by atoms with van der Waals surface area (Å²) in [5.41, 5.74) is 2.39. The van der Waals surface area contributed by atoms with Gasteiger partial charge in [0.2, 0.25) is 5.91 Å². The number of thiophene rings is 1. The van der Waals surface area contributed by atoms with Gasteiger partial charge in [-0.05, 0) is 23.6 Å². The van der Waals surface area contributed by atoms with Gasteiger partial charge in [0.05, 0.1) is 25.1 Å². The number of amides is 1. The first-order chi connectivity index (χ1) is 14.3. The van der Waals surface area contributed by atoms with Gasteiger partial charge < -0.3 is 15.0 Å². The SMILES string of the molecule is O=C(Cn1cc(Nc2ccc3nnc(-c4ccsc4)n3n2)cn1)N1CCOCC1. The molecule has 4 aromatic heterocycles. The van der Waals surface area contributed by atoms with E-state index in [9.17, 15) is 4.79 Å². The quantitative estimate of drug-likeness (QED) is 0.534. The second-order valence-electron chi connectivity index (χ2n) is 6.57. The fraction of sp³-hybridized carbons (Fsp3) is 0.278. The molecule has 0 radical (unpaired) electrons. The Bertz CT molecular complexity index is 1130. The topological polar surface area (TPSA) is 102 Å². The molecule has 148 valence electrons. The summed E-state index contributed by atoms with van der Waals surface area (Å²) >= 11 is 1.60. The first kappa shape index (κ1) is 17.8. The van der Waals surface area contributed by atoms with Gasteiger partial charge >= 0.3 is 0 Å². The Kier molecular flexibility index (Phi) is 4.66. The van der Waals surface area contributed by atoms with E-state index in [1.807, 2.05) is 29.0 Å². The molecule has 10 nitrogen and oxygen atoms in total. The highest BCUT2D eigenvalue weighted by molar-refractivity contribution is 7.08. The zero-order chi connectivity index (χ0) is 19.6. The number of ether oxygens (including phenoxy) is 1. The molecular weight excluding hydrogens is 392 g/mol. The standard InChI is InChI=1S/C18H18N8O2S/c27-17(24-4-6-28-7-5-24)11-25-10-14(9-19-25)20-15-1-2-16-21-22-18(26(16)23-15)13-3-8-29-12-13/h1-3,8-10,12H,4-7,11H2,(H,20,23). The van der Waals surface area contributed by atoms with Crippen molar-refractivity contribution >= 4 is 34.4 Å². The average Bonchev–Trinajstić information content (AvgIpc) is 3.49. The van der Waals surface area contributed by atoms with Crippen LogP contribution in [0.1, 0.15) is 0 Å². The molecule has 0 bridgehead atoms. The van der Waals surface area contributed by atoms with Crippen LogP contribution in [0.3, 0.4) is 0 Å². The van der Waals surface area contributed by atoms with Crippen molar-refractivity contribution in [3.05, 3.63) is 41.4 Å². The van der Waals surface area contributed by atoms with Gasteiger partial charge in [-0.3, -0.25) is 9.48 Å². The Balaban J connectivity index is 1.31. The summed E-state index contributed by atoms with van der Waals surface area (Å²) in [5, 5.41) is 24.5. The van der Waals surface area contributed by atoms with Crippen molar-refractivity contribution in [2.75, 3.05) is 31.6 Å². The molecule has 29 heavy (non-hydrogen) atoms. The summed E-state index contributed by atoms with van der Waals surface area (Å²) in [4.78, 5) is 14.2. The molecular formula is C18H18N8O2S. The predicted molar refractivity (Wildman–Crippen MR) is 107 cm³/mol. The Morgan fingerprint density at radius 1 is 1.21 bits per heavy atom. The minimum absolute atomic E-state index is 0.0346. The van der Waals surface area contributed by atoms with Crippen molar-refractivity contribution < 1.29 is 9.53 Å². The lowest BCUT2D eigenvalue weighted by molar-refractivity contribution is -0.136. The van der Waals surface area contributed by atoms with Gasteiger partial charge in [-0.1, -0.05) is 0 Å². The molecule has 1 aliphatic rings. The number of morpholine rings is 1. The largest absolute Gasteiger partial charge is 0.378 e. The van der Waals surface area contributed by atoms with E-state index in [-0.39, 0.29) is 12.5 Å². The second kappa shape index (κ2) is 7.60. The number of anilines is 2. The van der Waals surface area contributed by atoms with Crippen LogP contribution < -0.4 is 5.32 Å². The summed E-state index contributed by atoms with van der Waals surface area (Å²) < 4.78 is 8.61. The minimum atomic E-state index is 0.0346. The van der Waals surface area contributed by atoms with Gasteiger partial charge in [-0.2, -0.15) is 21.0 Å². The van der Waals surface area contributed by atoms with Gasteiger partial charge in [-0.25, -0.2) is 0 Å². The first-order valence-corrected chi connectivity index (χ1v) is 10.1. The molecule has 1 saturated heterocycles. The van der Waals surface area contributed by atoms with E-state index in [1.165, 1.54) is 0 Å². The number of rotatable bonds is 5. The third kappa shape index (κ3) is 3.69. The Hall–Kier alpha value is -3.31. The van der Waals surface area contributed by atoms with E-state index >= 15 is 0 Å². The number of nitrogens with one attached hydrogen (secondary N) is 1. The lowest BCUT2D eigenvalue weighted by Crippen LogP contribution is -2.42. The molecule has 1 fully saturated rings. The van der Waals surface area contributed by atoms with Crippen molar-refractivity contribution in [3.63, 3.8) is 0 Å². The number of carbonyl (C=O) groups is 1. The van der Waals surface area contributed by atoms with E-state index in [4.69, 9.17) is 4.74 Å². The summed E-state index contributed by atoms with van der Waals surface area (Å²) in [6, 6.07) is 5.67. The number of nitrogens with zero attached hydrogens (tertiary/aromatic N) is 7. The number of fused-ring (bicyclic) bond motifs is 1. The minimum Gasteiger partial charge on any atom is -0.378 e. The maximum absolute atomic E-state index is 12.4. The maximum Gasteiger partial charge on any atom is 0.244 e. The number of hydrogen-bond acceptors (Lipinski definition) is 8. The molecule has 0 spiro atoms. The molecule has 0 unspecified atom stereocenters. The molecule has 0 saturated carbocycles. The zero-order valence-electron chi connectivity index (χ0n) is 15.4. The van der Waals surface area contributed by atoms with Crippen LogP contribution >= 0.6 is 11.3 Å². The first-order valence-electron chi connectivity index (χ1n) is 9.16. The van der Waals surface area contributed by atoms with Crippen molar-refractivity contribution in [2.45, 2.75) is 6.54 Å². The van der Waals surface area contributed by atoms with Crippen LogP contribution in [-0.2, 0) is 16.1 Å². The number of carbonyl (C=O) groups excluding carboxylic acids is 1. The van der Waals surface area contributed by atoms with Crippen molar-refractivity contribution in [3.8, 4) is 11.4 Å². The molecule has 0 aromatic carbocycles. The van der Waals surface area contributed by atoms with E-state index in [2.05, 4.69) is 25.7 Å². The summed E-state index contributed by atoms with van der Waals surface area (Å²) in [6.07, 6.45) is 3.46. The van der Waals surface area contributed by atoms with Gasteiger partial charge in [0.25, 0.3) is 0 Å². The maximum atomic E-state index is 12.4. The van der Waals surface area contributed by atoms with E-state index in [0.29, 0.717) is 43.6 Å². The Morgan fingerprint density at radius 2 is 2.10 bits per heavy atom. The molecule has 0 aliphatic carbocycles. The van der Waals surface area contributed by atoms with Crippen LogP contribution in [-0.4, -0.2) is 66.7 Å². The third-order valence-electron chi connectivity index (χ3n) is 4.61. The number of aromatic nitrogens is 6. The molecule has 11 heteroatoms. The fourth-order valence-corrected chi connectivity index (χ4v) is 3.78. The highest BCUT2D eigenvalue weighted by Crippen LogP contribution is 2.21. The van der Waals surface area contributed by atoms with Crippen molar-refractivity contribution in [1.82, 2.24) is 34.5 Å². The average molecular weight is 410 g/mol. The van der Waals surface area contributed by atoms with Gasteiger partial charge in [0.1, 0.15) is 6.54 Å². The highest BCUT2D eigenvalue weighted by atomic mass is 32.1. The van der Waals surface area contributed by atoms with Crippen LogP contribution in [0.25, 0.3) is 17.0 Å². The van der Waals surface area contributed by atoms with Crippen LogP contribution in [0.15, 0.2) is 41.4 Å². The molecule has 1 amide bonds. The van der Waals surface area contributed by atoms with Crippen molar-refractivity contribution in [1.29, 1.82) is 0 Å². The lowest BCUT2D eigenvalue weighted by atomic mass is 10.3. The fourth-order valence-electron chi connectivity index (χ4n) is 3.14. The molecule has 5 rings (SSSR count). The van der Waals surface area contributed by atoms with E-state index in [0.717, 1.165) is 11.3 Å². The monoisotopic (exact) mass is 410 g/mol. The van der Waals surface area contributed by atoms with Crippen LogP contribution in [0.4, 0.5) is 11.5 Å². The summed E-state index contributed by atoms with van der Waals surface area (Å²) in [5.74, 6) is 1.36. The smallest absolute Gasteiger partial charge is 0.244 e. The van der Waals surface area contributed by atoms with Gasteiger partial charge in [0, 0.05) is 30.2 Å². The Morgan fingerprint density at radius 3 is 2.93 bits per heavy atom. The Labute approximate surface area is 169 Å². The van der Waals surface area contributed by atoms with Crippen molar-refractivity contribution in [2.24, 2.45) is 0 Å². The molecule has 1 N–H and O–H groups in total. The zero-order valence-corrected chi connectivity index (χ0v) is 16.2. The van der Waals surface area contributed by atoms with Crippen LogP contribution in [0, 0.1) is 0 Å². The summed E-state index contributed by atoms with van der Waals surface area (Å²) in [7, 11) is 0. The molecule has 1 aliphatic heterocycles. The number of hydrogen-bond donors (Lipinski definition) is 1. The van der Waals surface area contributed by atoms with E-state index < -0.39 is 0 Å². The normalized spacial score (nSPS) is 14.4. The summed E-state index contributed by atoms with van der Waals surface area (Å²) in [6.45, 7) is 2.62. The molecule has 0 atom stereocenters. The highest BCUT2D eigenvalue weighted by Gasteiger charge is 2.17. The molecule has 4 aromatic rings.